The Morgan fingerprint density at radius 3 is 1.95 bits per heavy atom. The van der Waals surface area contributed by atoms with Crippen molar-refractivity contribution >= 4 is 66.7 Å². The molecule has 0 saturated carbocycles. The Hall–Kier alpha value is -6.30. The van der Waals surface area contributed by atoms with Crippen LogP contribution in [-0.4, -0.2) is 19.8 Å². The van der Waals surface area contributed by atoms with Gasteiger partial charge in [-0.15, -0.1) is 0 Å². The minimum absolute atomic E-state index is 0.563. The van der Waals surface area contributed by atoms with Gasteiger partial charge in [0.25, 0.3) is 0 Å². The number of pyridine rings is 1. The minimum Gasteiger partial charge on any atom is -0.491 e. The van der Waals surface area contributed by atoms with E-state index < -0.39 is 0 Å². The number of thioether (sulfide) groups is 1. The second-order valence-corrected chi connectivity index (χ2v) is 14.8. The lowest BCUT2D eigenvalue weighted by atomic mass is 10.1. The summed E-state index contributed by atoms with van der Waals surface area (Å²) in [4.78, 5) is 3.69. The highest BCUT2D eigenvalue weighted by molar-refractivity contribution is 8.03. The van der Waals surface area contributed by atoms with E-state index in [4.69, 9.17) is 9.47 Å². The molecule has 2 heterocycles. The van der Waals surface area contributed by atoms with Gasteiger partial charge in [0.05, 0.1) is 22.6 Å². The Morgan fingerprint density at radius 2 is 1.22 bits per heavy atom. The third kappa shape index (κ3) is 7.19. The van der Waals surface area contributed by atoms with Crippen LogP contribution in [0.1, 0.15) is 12.5 Å². The zero-order chi connectivity index (χ0) is 37.0. The third-order valence-corrected chi connectivity index (χ3v) is 11.4. The predicted octanol–water partition coefficient (Wildman–Crippen LogP) is 12.2. The summed E-state index contributed by atoms with van der Waals surface area (Å²) < 4.78 is 15.0. The van der Waals surface area contributed by atoms with Gasteiger partial charge in [0.2, 0.25) is 5.52 Å². The van der Waals surface area contributed by atoms with E-state index in [-0.39, 0.29) is 0 Å². The van der Waals surface area contributed by atoms with E-state index in [1.807, 2.05) is 11.8 Å². The molecule has 0 aliphatic carbocycles. The van der Waals surface area contributed by atoms with Gasteiger partial charge in [-0.2, -0.15) is 4.57 Å². The zero-order valence-electron chi connectivity index (χ0n) is 30.8. The van der Waals surface area contributed by atoms with Gasteiger partial charge in [-0.1, -0.05) is 151 Å². The van der Waals surface area contributed by atoms with Crippen LogP contribution in [0.25, 0.3) is 49.3 Å². The average molecular weight is 734 g/mol. The molecule has 0 unspecified atom stereocenters. The summed E-state index contributed by atoms with van der Waals surface area (Å²) >= 11 is 1.82. The van der Waals surface area contributed by atoms with Crippen molar-refractivity contribution < 1.29 is 14.0 Å². The van der Waals surface area contributed by atoms with Gasteiger partial charge in [0.1, 0.15) is 24.7 Å². The van der Waals surface area contributed by atoms with Crippen molar-refractivity contribution in [1.29, 1.82) is 0 Å². The fourth-order valence-corrected chi connectivity index (χ4v) is 8.60. The fraction of sp³-hybridized carbons (Fsp3) is 0.100. The van der Waals surface area contributed by atoms with Gasteiger partial charge in [-0.3, -0.25) is 0 Å². The van der Waals surface area contributed by atoms with Crippen molar-refractivity contribution in [3.05, 3.63) is 192 Å². The summed E-state index contributed by atoms with van der Waals surface area (Å²) in [6, 6.07) is 53.2. The van der Waals surface area contributed by atoms with Crippen LogP contribution >= 0.6 is 11.8 Å². The lowest BCUT2D eigenvalue weighted by Crippen LogP contribution is -2.37. The number of aromatic nitrogens is 1. The Kier molecular flexibility index (Phi) is 9.77. The second-order valence-electron chi connectivity index (χ2n) is 13.8. The monoisotopic (exact) mass is 733 g/mol. The molecule has 4 nitrogen and oxygen atoms in total. The molecule has 0 spiro atoms. The first-order valence-electron chi connectivity index (χ1n) is 18.9. The smallest absolute Gasteiger partial charge is 0.213 e. The predicted molar refractivity (Wildman–Crippen MR) is 231 cm³/mol. The van der Waals surface area contributed by atoms with E-state index in [2.05, 4.69) is 199 Å². The number of rotatable bonds is 11. The number of anilines is 1. The Balaban J connectivity index is 0.935. The molecule has 55 heavy (non-hydrogen) atoms. The molecule has 268 valence electrons. The average Bonchev–Trinajstić information content (AvgIpc) is 3.60. The van der Waals surface area contributed by atoms with E-state index in [0.29, 0.717) is 13.2 Å². The van der Waals surface area contributed by atoms with Crippen molar-refractivity contribution in [1.82, 2.24) is 0 Å². The summed E-state index contributed by atoms with van der Waals surface area (Å²) in [6.07, 6.45) is 11.1. The quantitative estimate of drug-likeness (QED) is 0.0976. The van der Waals surface area contributed by atoms with Crippen LogP contribution in [0, 0.1) is 0 Å². The van der Waals surface area contributed by atoms with Crippen LogP contribution in [0.2, 0.25) is 0 Å². The molecule has 0 atom stereocenters. The van der Waals surface area contributed by atoms with Crippen LogP contribution in [0.5, 0.6) is 11.5 Å². The van der Waals surface area contributed by atoms with E-state index in [1.54, 1.807) is 0 Å². The molecule has 5 heteroatoms. The van der Waals surface area contributed by atoms with Crippen molar-refractivity contribution in [2.24, 2.45) is 0 Å². The number of para-hydroxylation sites is 1. The topological polar surface area (TPSA) is 25.6 Å². The lowest BCUT2D eigenvalue weighted by molar-refractivity contribution is -0.672. The van der Waals surface area contributed by atoms with Gasteiger partial charge in [0, 0.05) is 33.2 Å². The third-order valence-electron chi connectivity index (χ3n) is 10.2. The summed E-state index contributed by atoms with van der Waals surface area (Å²) in [5, 5.41) is 9.56. The normalized spacial score (nSPS) is 13.8. The summed E-state index contributed by atoms with van der Waals surface area (Å²) in [5.41, 5.74) is 4.79. The summed E-state index contributed by atoms with van der Waals surface area (Å²) in [5.74, 6) is 1.84. The molecule has 9 rings (SSSR count). The molecule has 0 N–H and O–H groups in total. The van der Waals surface area contributed by atoms with Gasteiger partial charge >= 0.3 is 0 Å². The fourth-order valence-electron chi connectivity index (χ4n) is 7.49. The lowest BCUT2D eigenvalue weighted by Gasteiger charge is -2.22. The number of fused-ring (bicyclic) bond motifs is 6. The van der Waals surface area contributed by atoms with Crippen molar-refractivity contribution in [3.63, 3.8) is 0 Å². The molecule has 7 aromatic carbocycles. The highest BCUT2D eigenvalue weighted by Crippen LogP contribution is 2.49. The largest absolute Gasteiger partial charge is 0.491 e. The molecular weight excluding hydrogens is 693 g/mol. The van der Waals surface area contributed by atoms with Gasteiger partial charge < -0.3 is 14.4 Å². The van der Waals surface area contributed by atoms with E-state index in [9.17, 15) is 0 Å². The molecule has 0 amide bonds. The molecular formula is C50H41N2O2S+. The molecule has 1 aliphatic heterocycles. The summed E-state index contributed by atoms with van der Waals surface area (Å²) in [6.45, 7) is 4.79. The van der Waals surface area contributed by atoms with Gasteiger partial charge in [-0.25, -0.2) is 0 Å². The first-order valence-corrected chi connectivity index (χ1v) is 19.7. The number of hydrogen-bond acceptors (Lipinski definition) is 4. The molecule has 1 aromatic heterocycles. The Bertz CT molecular complexity index is 2770. The van der Waals surface area contributed by atoms with E-state index in [0.717, 1.165) is 35.4 Å². The van der Waals surface area contributed by atoms with Crippen LogP contribution < -0.4 is 18.9 Å². The number of ether oxygens (including phenoxy) is 2. The van der Waals surface area contributed by atoms with Gasteiger partial charge in [-0.05, 0) is 59.0 Å². The molecule has 0 bridgehead atoms. The van der Waals surface area contributed by atoms with Gasteiger partial charge in [0.15, 0.2) is 12.7 Å². The maximum atomic E-state index is 6.46. The minimum atomic E-state index is 0.563. The Morgan fingerprint density at radius 1 is 0.618 bits per heavy atom. The van der Waals surface area contributed by atoms with Crippen molar-refractivity contribution in [3.8, 4) is 11.5 Å². The Labute approximate surface area is 326 Å². The van der Waals surface area contributed by atoms with Crippen molar-refractivity contribution in [2.75, 3.05) is 24.7 Å². The maximum absolute atomic E-state index is 6.46. The molecule has 0 fully saturated rings. The second kappa shape index (κ2) is 15.6. The van der Waals surface area contributed by atoms with Crippen LogP contribution in [0.4, 0.5) is 5.69 Å². The zero-order valence-corrected chi connectivity index (χ0v) is 31.6. The number of nitrogens with zero attached hydrogens (tertiary/aromatic N) is 2. The molecule has 0 radical (unpaired) electrons. The molecule has 8 aromatic rings. The molecule has 1 aliphatic rings. The highest BCUT2D eigenvalue weighted by atomic mass is 32.2. The number of benzene rings is 7. The van der Waals surface area contributed by atoms with Crippen LogP contribution in [-0.2, 0) is 6.54 Å². The standard InChI is InChI=1S/C50H41N2O2S/c1-36(24-26-40-30-31-51(45-21-9-8-17-41(40)45)32-34-53-46-22-10-15-37-12-2-5-18-42(37)46)25-29-49-52(50-44-20-7-4-14-39(44)27-28-48(50)55-49)33-35-54-47-23-11-16-38-13-3-6-19-43(38)47/h2-31H,32-35H2,1H3/q+1. The highest BCUT2D eigenvalue weighted by Gasteiger charge is 2.27. The van der Waals surface area contributed by atoms with E-state index in [1.165, 1.54) is 59.2 Å². The van der Waals surface area contributed by atoms with Crippen LogP contribution in [0.3, 0.4) is 0 Å². The first kappa shape index (κ1) is 34.5. The van der Waals surface area contributed by atoms with Crippen molar-refractivity contribution in [2.45, 2.75) is 18.4 Å². The SMILES string of the molecule is CC(/C=C/c1cc[n+](CCOc2cccc3ccccc23)c2ccccc12)=C\C=C1/Sc2ccc3ccccc3c2N1CCOc1cccc2ccccc12. The van der Waals surface area contributed by atoms with E-state index >= 15 is 0 Å². The van der Waals surface area contributed by atoms with Crippen LogP contribution in [0.15, 0.2) is 192 Å². The summed E-state index contributed by atoms with van der Waals surface area (Å²) in [7, 11) is 0. The molecule has 0 saturated heterocycles. The first-order chi connectivity index (χ1) is 27.2. The number of hydrogen-bond donors (Lipinski definition) is 0. The number of allylic oxidation sites excluding steroid dienone is 4. The maximum Gasteiger partial charge on any atom is 0.213 e.